The zero-order valence-electron chi connectivity index (χ0n) is 11.3. The van der Waals surface area contributed by atoms with E-state index in [4.69, 9.17) is 4.52 Å². The van der Waals surface area contributed by atoms with Gasteiger partial charge in [0.25, 0.3) is 0 Å². The Balaban J connectivity index is 2.28. The number of hydrogen-bond donors (Lipinski definition) is 1. The Labute approximate surface area is 103 Å². The van der Waals surface area contributed by atoms with E-state index in [1.54, 1.807) is 0 Å². The molecule has 17 heavy (non-hydrogen) atoms. The van der Waals surface area contributed by atoms with Crippen LogP contribution in [0.3, 0.4) is 0 Å². The van der Waals surface area contributed by atoms with E-state index < -0.39 is 0 Å². The summed E-state index contributed by atoms with van der Waals surface area (Å²) in [5.74, 6) is 1.66. The van der Waals surface area contributed by atoms with E-state index in [1.807, 2.05) is 0 Å². The number of nitrogens with zero attached hydrogens (tertiary/aromatic N) is 2. The molecule has 0 aliphatic carbocycles. The molecule has 0 atom stereocenters. The van der Waals surface area contributed by atoms with E-state index in [1.165, 1.54) is 0 Å². The Kier molecular flexibility index (Phi) is 3.25. The lowest BCUT2D eigenvalue weighted by molar-refractivity contribution is 0.215. The summed E-state index contributed by atoms with van der Waals surface area (Å²) < 4.78 is 5.54. The maximum atomic E-state index is 5.54. The van der Waals surface area contributed by atoms with Crippen LogP contribution in [0.1, 0.15) is 58.7 Å². The largest absolute Gasteiger partial charge is 0.339 e. The fourth-order valence-corrected chi connectivity index (χ4v) is 2.37. The Bertz CT molecular complexity index is 372. The van der Waals surface area contributed by atoms with Gasteiger partial charge in [-0.15, -0.1) is 0 Å². The van der Waals surface area contributed by atoms with Gasteiger partial charge in [0.1, 0.15) is 0 Å². The van der Waals surface area contributed by atoms with E-state index in [0.717, 1.165) is 44.1 Å². The second kappa shape index (κ2) is 4.41. The molecule has 96 valence electrons. The number of piperidine rings is 1. The summed E-state index contributed by atoms with van der Waals surface area (Å²) in [4.78, 5) is 4.64. The van der Waals surface area contributed by atoms with Crippen LogP contribution < -0.4 is 5.32 Å². The number of rotatable bonds is 2. The Morgan fingerprint density at radius 2 is 1.94 bits per heavy atom. The monoisotopic (exact) mass is 237 g/mol. The van der Waals surface area contributed by atoms with E-state index in [0.29, 0.717) is 0 Å². The van der Waals surface area contributed by atoms with Crippen molar-refractivity contribution in [2.45, 2.75) is 57.8 Å². The van der Waals surface area contributed by atoms with Crippen LogP contribution in [0.5, 0.6) is 0 Å². The van der Waals surface area contributed by atoms with Crippen LogP contribution in [0.2, 0.25) is 0 Å². The molecular weight excluding hydrogens is 214 g/mol. The average molecular weight is 237 g/mol. The molecule has 0 bridgehead atoms. The highest BCUT2D eigenvalue weighted by Crippen LogP contribution is 2.36. The molecule has 0 radical (unpaired) electrons. The minimum atomic E-state index is -0.0381. The van der Waals surface area contributed by atoms with E-state index >= 15 is 0 Å². The van der Waals surface area contributed by atoms with E-state index in [-0.39, 0.29) is 10.8 Å². The topological polar surface area (TPSA) is 51.0 Å². The van der Waals surface area contributed by atoms with Crippen LogP contribution in [-0.2, 0) is 10.8 Å². The van der Waals surface area contributed by atoms with E-state index in [9.17, 15) is 0 Å². The van der Waals surface area contributed by atoms with Crippen LogP contribution in [0.25, 0.3) is 0 Å². The lowest BCUT2D eigenvalue weighted by Gasteiger charge is -2.33. The van der Waals surface area contributed by atoms with Crippen molar-refractivity contribution in [1.29, 1.82) is 0 Å². The maximum absolute atomic E-state index is 5.54. The van der Waals surface area contributed by atoms with Crippen LogP contribution >= 0.6 is 0 Å². The smallest absolute Gasteiger partial charge is 0.232 e. The zero-order chi connectivity index (χ0) is 12.5. The van der Waals surface area contributed by atoms with Crippen molar-refractivity contribution in [2.75, 3.05) is 13.1 Å². The van der Waals surface area contributed by atoms with Gasteiger partial charge in [0.05, 0.1) is 5.41 Å². The van der Waals surface area contributed by atoms with Gasteiger partial charge in [-0.2, -0.15) is 4.98 Å². The highest BCUT2D eigenvalue weighted by Gasteiger charge is 2.38. The maximum Gasteiger partial charge on any atom is 0.232 e. The third kappa shape index (κ3) is 2.37. The zero-order valence-corrected chi connectivity index (χ0v) is 11.3. The summed E-state index contributed by atoms with van der Waals surface area (Å²) in [5.41, 5.74) is 0.0609. The Hall–Kier alpha value is -0.900. The SMILES string of the molecule is CCC1(c2nc(C(C)(C)C)no2)CCNCC1. The van der Waals surface area contributed by atoms with Gasteiger partial charge >= 0.3 is 0 Å². The second-order valence-electron chi connectivity index (χ2n) is 6.06. The molecule has 1 aliphatic rings. The van der Waals surface area contributed by atoms with Gasteiger partial charge in [0.2, 0.25) is 5.89 Å². The first-order valence-corrected chi connectivity index (χ1v) is 6.53. The molecule has 0 aromatic carbocycles. The highest BCUT2D eigenvalue weighted by atomic mass is 16.5. The molecule has 1 aromatic heterocycles. The van der Waals surface area contributed by atoms with Crippen molar-refractivity contribution in [3.63, 3.8) is 0 Å². The molecule has 2 rings (SSSR count). The van der Waals surface area contributed by atoms with Crippen molar-refractivity contribution in [1.82, 2.24) is 15.5 Å². The summed E-state index contributed by atoms with van der Waals surface area (Å²) in [6, 6.07) is 0. The fourth-order valence-electron chi connectivity index (χ4n) is 2.37. The molecule has 0 amide bonds. The van der Waals surface area contributed by atoms with Gasteiger partial charge < -0.3 is 9.84 Å². The lowest BCUT2D eigenvalue weighted by atomic mass is 9.76. The van der Waals surface area contributed by atoms with Crippen LogP contribution in [0.4, 0.5) is 0 Å². The van der Waals surface area contributed by atoms with Gasteiger partial charge in [-0.25, -0.2) is 0 Å². The second-order valence-corrected chi connectivity index (χ2v) is 6.06. The molecular formula is C13H23N3O. The van der Waals surface area contributed by atoms with Gasteiger partial charge in [-0.1, -0.05) is 32.9 Å². The molecule has 1 fully saturated rings. The van der Waals surface area contributed by atoms with Crippen molar-refractivity contribution >= 4 is 0 Å². The van der Waals surface area contributed by atoms with Crippen LogP contribution in [0.15, 0.2) is 4.52 Å². The predicted molar refractivity (Wildman–Crippen MR) is 67.1 cm³/mol. The van der Waals surface area contributed by atoms with Gasteiger partial charge in [0, 0.05) is 5.41 Å². The summed E-state index contributed by atoms with van der Waals surface area (Å²) >= 11 is 0. The molecule has 0 unspecified atom stereocenters. The summed E-state index contributed by atoms with van der Waals surface area (Å²) in [7, 11) is 0. The Morgan fingerprint density at radius 3 is 2.41 bits per heavy atom. The fraction of sp³-hybridized carbons (Fsp3) is 0.846. The molecule has 2 heterocycles. The number of hydrogen-bond acceptors (Lipinski definition) is 4. The van der Waals surface area contributed by atoms with Crippen molar-refractivity contribution in [2.24, 2.45) is 0 Å². The third-order valence-electron chi connectivity index (χ3n) is 3.79. The van der Waals surface area contributed by atoms with Crippen molar-refractivity contribution in [3.8, 4) is 0 Å². The minimum Gasteiger partial charge on any atom is -0.339 e. The van der Waals surface area contributed by atoms with Crippen LogP contribution in [0, 0.1) is 0 Å². The van der Waals surface area contributed by atoms with Crippen LogP contribution in [-0.4, -0.2) is 23.2 Å². The van der Waals surface area contributed by atoms with Crippen molar-refractivity contribution < 1.29 is 4.52 Å². The van der Waals surface area contributed by atoms with Gasteiger partial charge in [-0.05, 0) is 32.4 Å². The highest BCUT2D eigenvalue weighted by molar-refractivity contribution is 5.10. The molecule has 1 saturated heterocycles. The lowest BCUT2D eigenvalue weighted by Crippen LogP contribution is -2.39. The summed E-state index contributed by atoms with van der Waals surface area (Å²) in [6.07, 6.45) is 3.25. The summed E-state index contributed by atoms with van der Waals surface area (Å²) in [5, 5.41) is 7.54. The quantitative estimate of drug-likeness (QED) is 0.858. The Morgan fingerprint density at radius 1 is 1.29 bits per heavy atom. The normalized spacial score (nSPS) is 20.5. The minimum absolute atomic E-state index is 0.0381. The molecule has 0 spiro atoms. The first kappa shape index (κ1) is 12.6. The van der Waals surface area contributed by atoms with Crippen molar-refractivity contribution in [3.05, 3.63) is 11.7 Å². The standard InChI is InChI=1S/C13H23N3O/c1-5-13(6-8-14-9-7-13)11-15-10(16-17-11)12(2,3)4/h14H,5-9H2,1-4H3. The molecule has 4 nitrogen and oxygen atoms in total. The van der Waals surface area contributed by atoms with Gasteiger partial charge in [0.15, 0.2) is 5.82 Å². The molecule has 0 saturated carbocycles. The van der Waals surface area contributed by atoms with E-state index in [2.05, 4.69) is 43.2 Å². The van der Waals surface area contributed by atoms with Gasteiger partial charge in [-0.3, -0.25) is 0 Å². The first-order chi connectivity index (χ1) is 7.98. The number of nitrogens with one attached hydrogen (secondary N) is 1. The predicted octanol–water partition coefficient (Wildman–Crippen LogP) is 2.40. The average Bonchev–Trinajstić information content (AvgIpc) is 2.79. The first-order valence-electron chi connectivity index (χ1n) is 6.53. The molecule has 1 aromatic rings. The molecule has 1 aliphatic heterocycles. The number of aromatic nitrogens is 2. The molecule has 1 N–H and O–H groups in total. The summed E-state index contributed by atoms with van der Waals surface area (Å²) in [6.45, 7) is 10.6. The third-order valence-corrected chi connectivity index (χ3v) is 3.79. The molecule has 4 heteroatoms.